The Bertz CT molecular complexity index is 277. The topological polar surface area (TPSA) is 110 Å². The zero-order valence-electron chi connectivity index (χ0n) is 8.65. The molecule has 0 aromatic carbocycles. The molecule has 3 N–H and O–H groups in total. The van der Waals surface area contributed by atoms with E-state index in [2.05, 4.69) is 5.32 Å². The van der Waals surface area contributed by atoms with Crippen molar-refractivity contribution in [2.45, 2.75) is 38.3 Å². The van der Waals surface area contributed by atoms with Crippen molar-refractivity contribution in [3.05, 3.63) is 0 Å². The van der Waals surface area contributed by atoms with E-state index in [0.29, 0.717) is 12.8 Å². The van der Waals surface area contributed by atoms with E-state index in [0.717, 1.165) is 0 Å². The maximum absolute atomic E-state index is 10.6. The van der Waals surface area contributed by atoms with E-state index in [1.807, 2.05) is 6.07 Å². The third kappa shape index (κ3) is 3.22. The van der Waals surface area contributed by atoms with Crippen LogP contribution < -0.4 is 5.32 Å². The van der Waals surface area contributed by atoms with Crippen LogP contribution in [-0.2, 0) is 9.59 Å². The van der Waals surface area contributed by atoms with Crippen LogP contribution >= 0.6 is 0 Å². The minimum absolute atomic E-state index is 0.344. The summed E-state index contributed by atoms with van der Waals surface area (Å²) in [5.41, 5.74) is -1.10. The summed E-state index contributed by atoms with van der Waals surface area (Å²) in [5.74, 6) is -2.99. The van der Waals surface area contributed by atoms with Crippen molar-refractivity contribution >= 4 is 11.9 Å². The minimum atomic E-state index is -1.75. The van der Waals surface area contributed by atoms with Crippen LogP contribution in [0.5, 0.6) is 0 Å². The van der Waals surface area contributed by atoms with Crippen molar-refractivity contribution in [3.63, 3.8) is 0 Å². The van der Waals surface area contributed by atoms with Gasteiger partial charge in [0.2, 0.25) is 6.04 Å². The van der Waals surface area contributed by atoms with Gasteiger partial charge in [0.15, 0.2) is 0 Å². The highest BCUT2D eigenvalue weighted by Crippen LogP contribution is 2.14. The van der Waals surface area contributed by atoms with Crippen molar-refractivity contribution in [1.82, 2.24) is 5.32 Å². The molecule has 0 amide bonds. The lowest BCUT2D eigenvalue weighted by molar-refractivity contribution is -0.151. The van der Waals surface area contributed by atoms with Crippen LogP contribution in [0.25, 0.3) is 0 Å². The molecule has 15 heavy (non-hydrogen) atoms. The Morgan fingerprint density at radius 3 is 1.93 bits per heavy atom. The molecular formula is C9H14N2O4. The van der Waals surface area contributed by atoms with Gasteiger partial charge in [-0.3, -0.25) is 5.32 Å². The largest absolute Gasteiger partial charge is 0.480 e. The van der Waals surface area contributed by atoms with Crippen molar-refractivity contribution in [1.29, 1.82) is 5.26 Å². The Balaban J connectivity index is 4.86. The van der Waals surface area contributed by atoms with Crippen LogP contribution in [0.4, 0.5) is 0 Å². The summed E-state index contributed by atoms with van der Waals surface area (Å²) in [7, 11) is 0. The molecular weight excluding hydrogens is 200 g/mol. The first-order valence-corrected chi connectivity index (χ1v) is 4.57. The van der Waals surface area contributed by atoms with Crippen LogP contribution in [0.15, 0.2) is 0 Å². The van der Waals surface area contributed by atoms with Gasteiger partial charge in [-0.15, -0.1) is 0 Å². The summed E-state index contributed by atoms with van der Waals surface area (Å²) in [5, 5.41) is 28.5. The number of nitrogens with zero attached hydrogens (tertiary/aromatic N) is 1. The average molecular weight is 214 g/mol. The van der Waals surface area contributed by atoms with Crippen molar-refractivity contribution in [2.75, 3.05) is 0 Å². The summed E-state index contributed by atoms with van der Waals surface area (Å²) < 4.78 is 0. The van der Waals surface area contributed by atoms with Gasteiger partial charge in [0.25, 0.3) is 0 Å². The Kier molecular flexibility index (Phi) is 4.74. The molecule has 0 aromatic rings. The number of nitrogens with one attached hydrogen (secondary N) is 1. The average Bonchev–Trinajstić information content (AvgIpc) is 2.20. The summed E-state index contributed by atoms with van der Waals surface area (Å²) in [6.07, 6.45) is 0.689. The van der Waals surface area contributed by atoms with Crippen molar-refractivity contribution in [3.8, 4) is 6.07 Å². The lowest BCUT2D eigenvalue weighted by Gasteiger charge is -2.27. The Morgan fingerprint density at radius 1 is 1.33 bits per heavy atom. The molecule has 6 nitrogen and oxygen atoms in total. The molecule has 0 saturated heterocycles. The molecule has 0 spiro atoms. The number of aliphatic carboxylic acids is 2. The van der Waals surface area contributed by atoms with Gasteiger partial charge in [-0.1, -0.05) is 13.8 Å². The molecule has 0 atom stereocenters. The number of rotatable bonds is 6. The summed E-state index contributed by atoms with van der Waals surface area (Å²) >= 11 is 0. The van der Waals surface area contributed by atoms with E-state index in [4.69, 9.17) is 15.5 Å². The summed E-state index contributed by atoms with van der Waals surface area (Å²) in [6, 6.07) is 0.172. The maximum Gasteiger partial charge on any atom is 0.332 e. The van der Waals surface area contributed by atoms with Crippen LogP contribution in [0.2, 0.25) is 0 Å². The van der Waals surface area contributed by atoms with E-state index < -0.39 is 23.5 Å². The monoisotopic (exact) mass is 214 g/mol. The SMILES string of the molecule is CCC(C#N)(CC)NC(C(=O)O)C(=O)O. The third-order valence-corrected chi connectivity index (χ3v) is 2.34. The quantitative estimate of drug-likeness (QED) is 0.544. The van der Waals surface area contributed by atoms with Gasteiger partial charge in [0.05, 0.1) is 6.07 Å². The van der Waals surface area contributed by atoms with E-state index in [1.165, 1.54) is 0 Å². The predicted molar refractivity (Wildman–Crippen MR) is 51.1 cm³/mol. The van der Waals surface area contributed by atoms with Crippen LogP contribution in [0.1, 0.15) is 26.7 Å². The number of carboxylic acid groups (broad SMARTS) is 2. The lowest BCUT2D eigenvalue weighted by atomic mass is 9.93. The van der Waals surface area contributed by atoms with Gasteiger partial charge < -0.3 is 10.2 Å². The first-order valence-electron chi connectivity index (χ1n) is 4.57. The van der Waals surface area contributed by atoms with Crippen LogP contribution in [0, 0.1) is 11.3 Å². The summed E-state index contributed by atoms with van der Waals surface area (Å²) in [4.78, 5) is 21.2. The standard InChI is InChI=1S/C9H14N2O4/c1-3-9(4-2,5-10)11-6(7(12)13)8(14)15/h6,11H,3-4H2,1-2H3,(H,12,13)(H,14,15). The van der Waals surface area contributed by atoms with Gasteiger partial charge in [-0.05, 0) is 12.8 Å². The number of carbonyl (C=O) groups is 2. The number of carboxylic acids is 2. The molecule has 0 radical (unpaired) electrons. The highest BCUT2D eigenvalue weighted by Gasteiger charge is 2.35. The van der Waals surface area contributed by atoms with Crippen LogP contribution in [0.3, 0.4) is 0 Å². The van der Waals surface area contributed by atoms with Crippen LogP contribution in [-0.4, -0.2) is 33.7 Å². The second kappa shape index (κ2) is 5.32. The molecule has 0 rings (SSSR count). The number of hydrogen-bond donors (Lipinski definition) is 3. The number of nitriles is 1. The molecule has 0 saturated carbocycles. The molecule has 6 heteroatoms. The first-order chi connectivity index (χ1) is 6.92. The molecule has 0 unspecified atom stereocenters. The fourth-order valence-corrected chi connectivity index (χ4v) is 1.15. The van der Waals surface area contributed by atoms with Gasteiger partial charge in [0, 0.05) is 0 Å². The van der Waals surface area contributed by atoms with E-state index >= 15 is 0 Å². The summed E-state index contributed by atoms with van der Waals surface area (Å²) in [6.45, 7) is 3.39. The zero-order chi connectivity index (χ0) is 12.1. The molecule has 0 heterocycles. The predicted octanol–water partition coefficient (Wildman–Crippen LogP) is 0.196. The molecule has 0 aliphatic rings. The third-order valence-electron chi connectivity index (χ3n) is 2.34. The molecule has 0 fully saturated rings. The highest BCUT2D eigenvalue weighted by molar-refractivity contribution is 5.97. The molecule has 84 valence electrons. The lowest BCUT2D eigenvalue weighted by Crippen LogP contribution is -2.55. The minimum Gasteiger partial charge on any atom is -0.480 e. The molecule has 0 aliphatic carbocycles. The molecule has 0 aliphatic heterocycles. The molecule has 0 bridgehead atoms. The Hall–Kier alpha value is -1.61. The number of hydrogen-bond acceptors (Lipinski definition) is 4. The van der Waals surface area contributed by atoms with E-state index in [1.54, 1.807) is 13.8 Å². The normalized spacial score (nSPS) is 11.1. The second-order valence-electron chi connectivity index (χ2n) is 3.15. The smallest absolute Gasteiger partial charge is 0.332 e. The fourth-order valence-electron chi connectivity index (χ4n) is 1.15. The Labute approximate surface area is 87.5 Å². The van der Waals surface area contributed by atoms with Crippen molar-refractivity contribution in [2.24, 2.45) is 0 Å². The highest BCUT2D eigenvalue weighted by atomic mass is 16.4. The zero-order valence-corrected chi connectivity index (χ0v) is 8.65. The van der Waals surface area contributed by atoms with E-state index in [9.17, 15) is 9.59 Å². The van der Waals surface area contributed by atoms with Gasteiger partial charge >= 0.3 is 11.9 Å². The fraction of sp³-hybridized carbons (Fsp3) is 0.667. The molecule has 0 aromatic heterocycles. The first kappa shape index (κ1) is 13.4. The maximum atomic E-state index is 10.6. The van der Waals surface area contributed by atoms with Gasteiger partial charge in [-0.25, -0.2) is 9.59 Å². The second-order valence-corrected chi connectivity index (χ2v) is 3.15. The van der Waals surface area contributed by atoms with Gasteiger partial charge in [-0.2, -0.15) is 5.26 Å². The van der Waals surface area contributed by atoms with E-state index in [-0.39, 0.29) is 0 Å². The Morgan fingerprint density at radius 2 is 1.73 bits per heavy atom. The van der Waals surface area contributed by atoms with Gasteiger partial charge in [0.1, 0.15) is 5.54 Å². The van der Waals surface area contributed by atoms with Crippen molar-refractivity contribution < 1.29 is 19.8 Å².